The first-order valence-corrected chi connectivity index (χ1v) is 12.1. The minimum atomic E-state index is -0.504. The van der Waals surface area contributed by atoms with Crippen molar-refractivity contribution in [2.75, 3.05) is 13.1 Å². The van der Waals surface area contributed by atoms with E-state index in [9.17, 15) is 10.2 Å². The van der Waals surface area contributed by atoms with E-state index in [2.05, 4.69) is 26.1 Å². The molecule has 0 bridgehead atoms. The summed E-state index contributed by atoms with van der Waals surface area (Å²) in [7, 11) is 0. The lowest BCUT2D eigenvalue weighted by Gasteiger charge is -2.62. The van der Waals surface area contributed by atoms with Gasteiger partial charge < -0.3 is 21.3 Å². The van der Waals surface area contributed by atoms with Gasteiger partial charge >= 0.3 is 0 Å². The van der Waals surface area contributed by atoms with Gasteiger partial charge in [0, 0.05) is 6.04 Å². The van der Waals surface area contributed by atoms with Crippen LogP contribution < -0.4 is 11.1 Å². The number of aliphatic hydroxyl groups is 2. The smallest absolute Gasteiger partial charge is 0.0832 e. The third-order valence-corrected chi connectivity index (χ3v) is 10.3. The van der Waals surface area contributed by atoms with Crippen LogP contribution in [0.5, 0.6) is 0 Å². The van der Waals surface area contributed by atoms with Crippen LogP contribution in [0.3, 0.4) is 0 Å². The van der Waals surface area contributed by atoms with Crippen molar-refractivity contribution in [1.82, 2.24) is 5.32 Å². The SMILES string of the molecule is CC(NCCCN)[C@H]1CC[C@H]2[C@@H]3CCC4C(O)C(O)CC[C@]4(C)[C@H]3CC[C@]12C. The van der Waals surface area contributed by atoms with E-state index in [1.165, 1.54) is 32.1 Å². The highest BCUT2D eigenvalue weighted by Crippen LogP contribution is 2.67. The molecule has 4 saturated carbocycles. The number of nitrogens with one attached hydrogen (secondary N) is 1. The summed E-state index contributed by atoms with van der Waals surface area (Å²) in [6.45, 7) is 9.27. The molecule has 0 spiro atoms. The monoisotopic (exact) mass is 392 g/mol. The lowest BCUT2D eigenvalue weighted by atomic mass is 9.44. The molecule has 4 heteroatoms. The highest BCUT2D eigenvalue weighted by atomic mass is 16.3. The van der Waals surface area contributed by atoms with E-state index < -0.39 is 12.2 Å². The summed E-state index contributed by atoms with van der Waals surface area (Å²) in [6.07, 6.45) is 9.72. The molecule has 162 valence electrons. The van der Waals surface area contributed by atoms with E-state index in [0.717, 1.165) is 62.4 Å². The second-order valence-corrected chi connectivity index (χ2v) is 11.3. The third kappa shape index (κ3) is 3.18. The standard InChI is InChI=1S/C24H44N2O2/c1-15(26-14-4-13-25)17-7-8-18-16-5-6-20-22(28)21(27)10-12-24(20,3)19(16)9-11-23(17,18)2/h15-22,26-28H,4-14,25H2,1-3H3/t15?,16-,17+,18-,19-,20?,21?,22?,23+,24+/m0/s1. The quantitative estimate of drug-likeness (QED) is 0.541. The Kier molecular flexibility index (Phi) is 5.90. The van der Waals surface area contributed by atoms with Gasteiger partial charge in [0.2, 0.25) is 0 Å². The van der Waals surface area contributed by atoms with E-state index in [1.54, 1.807) is 0 Å². The molecule has 10 atom stereocenters. The Morgan fingerprint density at radius 1 is 0.929 bits per heavy atom. The molecule has 4 fully saturated rings. The normalized spacial score (nSPS) is 51.9. The zero-order valence-electron chi connectivity index (χ0n) is 18.4. The van der Waals surface area contributed by atoms with Gasteiger partial charge in [-0.15, -0.1) is 0 Å². The maximum absolute atomic E-state index is 10.7. The van der Waals surface area contributed by atoms with Crippen molar-refractivity contribution in [1.29, 1.82) is 0 Å². The van der Waals surface area contributed by atoms with E-state index in [4.69, 9.17) is 5.73 Å². The van der Waals surface area contributed by atoms with Crippen molar-refractivity contribution in [2.24, 2.45) is 46.2 Å². The fraction of sp³-hybridized carbons (Fsp3) is 1.00. The number of hydrogen-bond acceptors (Lipinski definition) is 4. The van der Waals surface area contributed by atoms with E-state index >= 15 is 0 Å². The van der Waals surface area contributed by atoms with Crippen LogP contribution in [0.1, 0.15) is 78.6 Å². The molecule has 4 aliphatic carbocycles. The minimum absolute atomic E-state index is 0.228. The molecule has 0 saturated heterocycles. The van der Waals surface area contributed by atoms with Crippen molar-refractivity contribution < 1.29 is 10.2 Å². The molecule has 0 amide bonds. The highest BCUT2D eigenvalue weighted by Gasteiger charge is 2.61. The van der Waals surface area contributed by atoms with Gasteiger partial charge in [-0.05, 0) is 118 Å². The molecule has 0 aromatic carbocycles. The number of aliphatic hydroxyl groups excluding tert-OH is 2. The Morgan fingerprint density at radius 2 is 1.61 bits per heavy atom. The van der Waals surface area contributed by atoms with Gasteiger partial charge in [-0.2, -0.15) is 0 Å². The largest absolute Gasteiger partial charge is 0.390 e. The molecule has 0 heterocycles. The molecule has 4 unspecified atom stereocenters. The van der Waals surface area contributed by atoms with Crippen LogP contribution in [0.15, 0.2) is 0 Å². The van der Waals surface area contributed by atoms with E-state index in [0.29, 0.717) is 17.4 Å². The Bertz CT molecular complexity index is 557. The summed E-state index contributed by atoms with van der Waals surface area (Å²) in [4.78, 5) is 0. The third-order valence-electron chi connectivity index (χ3n) is 10.3. The number of hydrogen-bond donors (Lipinski definition) is 4. The molecule has 4 rings (SSSR count). The van der Waals surface area contributed by atoms with Crippen LogP contribution in [-0.2, 0) is 0 Å². The number of rotatable bonds is 5. The van der Waals surface area contributed by atoms with Gasteiger partial charge in [0.15, 0.2) is 0 Å². The van der Waals surface area contributed by atoms with E-state index in [1.807, 2.05) is 0 Å². The van der Waals surface area contributed by atoms with Gasteiger partial charge in [-0.1, -0.05) is 13.8 Å². The summed E-state index contributed by atoms with van der Waals surface area (Å²) in [5, 5.41) is 24.7. The molecule has 4 aliphatic rings. The van der Waals surface area contributed by atoms with Crippen LogP contribution in [0.25, 0.3) is 0 Å². The first kappa shape index (κ1) is 21.1. The minimum Gasteiger partial charge on any atom is -0.390 e. The van der Waals surface area contributed by atoms with Crippen molar-refractivity contribution in [3.63, 3.8) is 0 Å². The highest BCUT2D eigenvalue weighted by molar-refractivity contribution is 5.11. The molecular weight excluding hydrogens is 348 g/mol. The molecule has 0 aromatic rings. The summed E-state index contributed by atoms with van der Waals surface area (Å²) < 4.78 is 0. The molecule has 28 heavy (non-hydrogen) atoms. The predicted octanol–water partition coefficient (Wildman–Crippen LogP) is 3.30. The van der Waals surface area contributed by atoms with Crippen molar-refractivity contribution in [3.8, 4) is 0 Å². The molecular formula is C24H44N2O2. The molecule has 0 radical (unpaired) electrons. The Labute approximate surface area is 172 Å². The van der Waals surface area contributed by atoms with Crippen molar-refractivity contribution in [3.05, 3.63) is 0 Å². The Hall–Kier alpha value is -0.160. The maximum Gasteiger partial charge on any atom is 0.0832 e. The molecule has 5 N–H and O–H groups in total. The lowest BCUT2D eigenvalue weighted by molar-refractivity contribution is -0.174. The predicted molar refractivity (Wildman–Crippen MR) is 114 cm³/mol. The van der Waals surface area contributed by atoms with Gasteiger partial charge in [0.1, 0.15) is 0 Å². The second kappa shape index (κ2) is 7.83. The first-order chi connectivity index (χ1) is 13.3. The Morgan fingerprint density at radius 3 is 2.36 bits per heavy atom. The van der Waals surface area contributed by atoms with Gasteiger partial charge in [-0.3, -0.25) is 0 Å². The van der Waals surface area contributed by atoms with Crippen LogP contribution >= 0.6 is 0 Å². The zero-order chi connectivity index (χ0) is 20.1. The summed E-state index contributed by atoms with van der Waals surface area (Å²) >= 11 is 0. The first-order valence-electron chi connectivity index (χ1n) is 12.1. The summed E-state index contributed by atoms with van der Waals surface area (Å²) in [6, 6.07) is 0.580. The van der Waals surface area contributed by atoms with E-state index in [-0.39, 0.29) is 5.41 Å². The number of nitrogens with two attached hydrogens (primary N) is 1. The topological polar surface area (TPSA) is 78.5 Å². The van der Waals surface area contributed by atoms with Crippen LogP contribution in [-0.4, -0.2) is 41.6 Å². The average molecular weight is 393 g/mol. The molecule has 0 aromatic heterocycles. The van der Waals surface area contributed by atoms with Crippen molar-refractivity contribution >= 4 is 0 Å². The second-order valence-electron chi connectivity index (χ2n) is 11.3. The Balaban J connectivity index is 1.50. The van der Waals surface area contributed by atoms with Gasteiger partial charge in [-0.25, -0.2) is 0 Å². The fourth-order valence-electron chi connectivity index (χ4n) is 8.75. The summed E-state index contributed by atoms with van der Waals surface area (Å²) in [5.41, 5.74) is 6.38. The number of fused-ring (bicyclic) bond motifs is 5. The lowest BCUT2D eigenvalue weighted by Crippen LogP contribution is -2.58. The van der Waals surface area contributed by atoms with Crippen LogP contribution in [0.2, 0.25) is 0 Å². The zero-order valence-corrected chi connectivity index (χ0v) is 18.4. The maximum atomic E-state index is 10.7. The average Bonchev–Trinajstić information content (AvgIpc) is 3.02. The van der Waals surface area contributed by atoms with Crippen LogP contribution in [0, 0.1) is 40.4 Å². The van der Waals surface area contributed by atoms with Gasteiger partial charge in [0.05, 0.1) is 12.2 Å². The van der Waals surface area contributed by atoms with Crippen molar-refractivity contribution in [2.45, 2.75) is 96.8 Å². The fourth-order valence-corrected chi connectivity index (χ4v) is 8.75. The van der Waals surface area contributed by atoms with Crippen LogP contribution in [0.4, 0.5) is 0 Å². The van der Waals surface area contributed by atoms with Gasteiger partial charge in [0.25, 0.3) is 0 Å². The molecule has 0 aliphatic heterocycles. The summed E-state index contributed by atoms with van der Waals surface area (Å²) in [5.74, 6) is 3.49. The molecule has 4 nitrogen and oxygen atoms in total.